The van der Waals surface area contributed by atoms with Crippen molar-refractivity contribution >= 4 is 33.2 Å². The second kappa shape index (κ2) is 6.76. The molecule has 0 aliphatic rings. The number of carbonyl (C=O) groups is 1. The number of anilines is 2. The second-order valence-corrected chi connectivity index (χ2v) is 5.96. The quantitative estimate of drug-likeness (QED) is 0.814. The molecule has 0 aromatic heterocycles. The zero-order valence-electron chi connectivity index (χ0n) is 12.2. The highest BCUT2D eigenvalue weighted by atomic mass is 79.9. The summed E-state index contributed by atoms with van der Waals surface area (Å²) >= 11 is 3.52. The summed E-state index contributed by atoms with van der Waals surface area (Å²) < 4.78 is 1.08. The van der Waals surface area contributed by atoms with E-state index < -0.39 is 0 Å². The van der Waals surface area contributed by atoms with Crippen LogP contribution in [0.4, 0.5) is 11.4 Å². The van der Waals surface area contributed by atoms with Crippen molar-refractivity contribution in [1.29, 1.82) is 0 Å². The lowest BCUT2D eigenvalue weighted by molar-refractivity contribution is -0.116. The highest BCUT2D eigenvalue weighted by Gasteiger charge is 2.07. The van der Waals surface area contributed by atoms with Gasteiger partial charge in [0, 0.05) is 22.3 Å². The number of amides is 1. The fourth-order valence-electron chi connectivity index (χ4n) is 2.25. The van der Waals surface area contributed by atoms with Gasteiger partial charge < -0.3 is 11.1 Å². The number of hydrogen-bond acceptors (Lipinski definition) is 2. The van der Waals surface area contributed by atoms with Crippen LogP contribution in [0.2, 0.25) is 0 Å². The van der Waals surface area contributed by atoms with Gasteiger partial charge in [-0.2, -0.15) is 0 Å². The van der Waals surface area contributed by atoms with Crippen LogP contribution in [0, 0.1) is 13.8 Å². The number of halogens is 1. The molecule has 3 nitrogen and oxygen atoms in total. The van der Waals surface area contributed by atoms with E-state index in [1.165, 1.54) is 0 Å². The van der Waals surface area contributed by atoms with Gasteiger partial charge in [-0.25, -0.2) is 0 Å². The molecule has 110 valence electrons. The van der Waals surface area contributed by atoms with Gasteiger partial charge in [-0.3, -0.25) is 4.79 Å². The minimum atomic E-state index is -0.000578. The summed E-state index contributed by atoms with van der Waals surface area (Å²) in [6, 6.07) is 11.6. The third-order valence-electron chi connectivity index (χ3n) is 3.40. The Labute approximate surface area is 133 Å². The highest BCUT2D eigenvalue weighted by molar-refractivity contribution is 9.10. The number of carbonyl (C=O) groups excluding carboxylic acids is 1. The summed E-state index contributed by atoms with van der Waals surface area (Å²) in [5.41, 5.74) is 10.7. The first-order valence-electron chi connectivity index (χ1n) is 6.87. The highest BCUT2D eigenvalue weighted by Crippen LogP contribution is 2.25. The SMILES string of the molecule is Cc1cc(NC(=O)CCc2ccccc2N)cc(C)c1Br. The smallest absolute Gasteiger partial charge is 0.224 e. The first-order chi connectivity index (χ1) is 9.97. The summed E-state index contributed by atoms with van der Waals surface area (Å²) in [7, 11) is 0. The minimum Gasteiger partial charge on any atom is -0.399 e. The van der Waals surface area contributed by atoms with E-state index in [2.05, 4.69) is 21.2 Å². The molecule has 21 heavy (non-hydrogen) atoms. The maximum Gasteiger partial charge on any atom is 0.224 e. The molecule has 0 unspecified atom stereocenters. The van der Waals surface area contributed by atoms with Crippen LogP contribution in [0.25, 0.3) is 0 Å². The monoisotopic (exact) mass is 346 g/mol. The first kappa shape index (κ1) is 15.6. The van der Waals surface area contributed by atoms with Crippen LogP contribution in [0.1, 0.15) is 23.1 Å². The fraction of sp³-hybridized carbons (Fsp3) is 0.235. The maximum absolute atomic E-state index is 12.0. The van der Waals surface area contributed by atoms with Crippen molar-refractivity contribution in [3.8, 4) is 0 Å². The van der Waals surface area contributed by atoms with Crippen molar-refractivity contribution < 1.29 is 4.79 Å². The maximum atomic E-state index is 12.0. The molecule has 2 aromatic carbocycles. The van der Waals surface area contributed by atoms with Gasteiger partial charge in [0.15, 0.2) is 0 Å². The summed E-state index contributed by atoms with van der Waals surface area (Å²) in [6.45, 7) is 4.02. The molecular weight excluding hydrogens is 328 g/mol. The molecule has 0 saturated heterocycles. The zero-order chi connectivity index (χ0) is 15.4. The molecule has 0 bridgehead atoms. The van der Waals surface area contributed by atoms with Crippen LogP contribution in [-0.4, -0.2) is 5.91 Å². The molecule has 4 heteroatoms. The van der Waals surface area contributed by atoms with Gasteiger partial charge in [0.25, 0.3) is 0 Å². The molecule has 0 atom stereocenters. The summed E-state index contributed by atoms with van der Waals surface area (Å²) in [4.78, 5) is 12.0. The Bertz CT molecular complexity index is 645. The van der Waals surface area contributed by atoms with Gasteiger partial charge in [0.1, 0.15) is 0 Å². The van der Waals surface area contributed by atoms with Crippen molar-refractivity contribution in [3.05, 3.63) is 57.6 Å². The standard InChI is InChI=1S/C17H19BrN2O/c1-11-9-14(10-12(2)17(11)18)20-16(21)8-7-13-5-3-4-6-15(13)19/h3-6,9-10H,7-8,19H2,1-2H3,(H,20,21). The van der Waals surface area contributed by atoms with Crippen LogP contribution in [-0.2, 0) is 11.2 Å². The fourth-order valence-corrected chi connectivity index (χ4v) is 2.48. The Morgan fingerprint density at radius 3 is 2.43 bits per heavy atom. The van der Waals surface area contributed by atoms with Gasteiger partial charge >= 0.3 is 0 Å². The Morgan fingerprint density at radius 1 is 1.19 bits per heavy atom. The molecule has 0 saturated carbocycles. The van der Waals surface area contributed by atoms with Crippen molar-refractivity contribution in [2.24, 2.45) is 0 Å². The minimum absolute atomic E-state index is 0.000578. The van der Waals surface area contributed by atoms with Gasteiger partial charge in [-0.1, -0.05) is 34.1 Å². The van der Waals surface area contributed by atoms with E-state index in [0.717, 1.165) is 32.5 Å². The number of nitrogens with one attached hydrogen (secondary N) is 1. The second-order valence-electron chi connectivity index (χ2n) is 5.17. The number of para-hydroxylation sites is 1. The molecule has 0 aliphatic heterocycles. The van der Waals surface area contributed by atoms with E-state index in [-0.39, 0.29) is 5.91 Å². The number of nitrogens with two attached hydrogens (primary N) is 1. The Balaban J connectivity index is 1.98. The van der Waals surface area contributed by atoms with E-state index in [1.807, 2.05) is 50.2 Å². The third-order valence-corrected chi connectivity index (χ3v) is 4.65. The molecule has 0 fully saturated rings. The molecule has 0 heterocycles. The zero-order valence-corrected chi connectivity index (χ0v) is 13.8. The average Bonchev–Trinajstić information content (AvgIpc) is 2.44. The van der Waals surface area contributed by atoms with Crippen LogP contribution >= 0.6 is 15.9 Å². The number of benzene rings is 2. The Kier molecular flexibility index (Phi) is 5.02. The molecule has 0 spiro atoms. The van der Waals surface area contributed by atoms with E-state index in [9.17, 15) is 4.79 Å². The molecular formula is C17H19BrN2O. The van der Waals surface area contributed by atoms with E-state index >= 15 is 0 Å². The number of aryl methyl sites for hydroxylation is 3. The Hall–Kier alpha value is -1.81. The molecule has 0 radical (unpaired) electrons. The lowest BCUT2D eigenvalue weighted by atomic mass is 10.1. The van der Waals surface area contributed by atoms with Crippen LogP contribution < -0.4 is 11.1 Å². The van der Waals surface area contributed by atoms with Gasteiger partial charge in [-0.05, 0) is 55.2 Å². The van der Waals surface area contributed by atoms with Crippen LogP contribution in [0.3, 0.4) is 0 Å². The van der Waals surface area contributed by atoms with Crippen molar-refractivity contribution in [2.45, 2.75) is 26.7 Å². The number of hydrogen-bond donors (Lipinski definition) is 2. The largest absolute Gasteiger partial charge is 0.399 e. The topological polar surface area (TPSA) is 55.1 Å². The third kappa shape index (κ3) is 4.08. The first-order valence-corrected chi connectivity index (χ1v) is 7.66. The molecule has 1 amide bonds. The summed E-state index contributed by atoms with van der Waals surface area (Å²) in [5, 5.41) is 2.94. The average molecular weight is 347 g/mol. The Morgan fingerprint density at radius 2 is 1.81 bits per heavy atom. The van der Waals surface area contributed by atoms with Crippen LogP contribution in [0.5, 0.6) is 0 Å². The molecule has 0 aliphatic carbocycles. The van der Waals surface area contributed by atoms with E-state index in [0.29, 0.717) is 12.8 Å². The van der Waals surface area contributed by atoms with Crippen molar-refractivity contribution in [3.63, 3.8) is 0 Å². The van der Waals surface area contributed by atoms with Crippen molar-refractivity contribution in [2.75, 3.05) is 11.1 Å². The normalized spacial score (nSPS) is 10.4. The van der Waals surface area contributed by atoms with Crippen molar-refractivity contribution in [1.82, 2.24) is 0 Å². The van der Waals surface area contributed by atoms with Crippen LogP contribution in [0.15, 0.2) is 40.9 Å². The molecule has 2 aromatic rings. The van der Waals surface area contributed by atoms with Gasteiger partial charge in [-0.15, -0.1) is 0 Å². The summed E-state index contributed by atoms with van der Waals surface area (Å²) in [6.07, 6.45) is 1.06. The predicted octanol–water partition coefficient (Wildman–Crippen LogP) is 4.22. The van der Waals surface area contributed by atoms with Gasteiger partial charge in [0.2, 0.25) is 5.91 Å². The molecule has 2 rings (SSSR count). The summed E-state index contributed by atoms with van der Waals surface area (Å²) in [5.74, 6) is -0.000578. The number of rotatable bonds is 4. The lowest BCUT2D eigenvalue weighted by Gasteiger charge is -2.10. The van der Waals surface area contributed by atoms with Gasteiger partial charge in [0.05, 0.1) is 0 Å². The number of nitrogen functional groups attached to an aromatic ring is 1. The van der Waals surface area contributed by atoms with E-state index in [4.69, 9.17) is 5.73 Å². The predicted molar refractivity (Wildman–Crippen MR) is 91.4 cm³/mol. The lowest BCUT2D eigenvalue weighted by Crippen LogP contribution is -2.13. The van der Waals surface area contributed by atoms with E-state index in [1.54, 1.807) is 0 Å². The molecule has 3 N–H and O–H groups in total.